The average Bonchev–Trinajstić information content (AvgIpc) is 2.87. The minimum atomic E-state index is -0.582. The van der Waals surface area contributed by atoms with E-state index in [0.29, 0.717) is 19.4 Å². The van der Waals surface area contributed by atoms with Crippen LogP contribution in [0, 0.1) is 0 Å². The number of benzene rings is 1. The summed E-state index contributed by atoms with van der Waals surface area (Å²) in [5.41, 5.74) is 6.96. The van der Waals surface area contributed by atoms with Gasteiger partial charge in [0.25, 0.3) is 0 Å². The van der Waals surface area contributed by atoms with Crippen LogP contribution in [0.2, 0.25) is 0 Å². The Morgan fingerprint density at radius 3 is 2.83 bits per heavy atom. The first-order chi connectivity index (χ1) is 8.72. The molecule has 1 heterocycles. The summed E-state index contributed by atoms with van der Waals surface area (Å²) in [5, 5.41) is 0. The fourth-order valence-corrected chi connectivity index (χ4v) is 2.32. The number of amides is 1. The second-order valence-electron chi connectivity index (χ2n) is 4.60. The second kappa shape index (κ2) is 5.78. The van der Waals surface area contributed by atoms with E-state index in [2.05, 4.69) is 0 Å². The molecule has 95 valence electrons. The molecule has 0 saturated carbocycles. The molecule has 1 saturated heterocycles. The molecule has 18 heavy (non-hydrogen) atoms. The zero-order valence-corrected chi connectivity index (χ0v) is 10.2. The van der Waals surface area contributed by atoms with Gasteiger partial charge in [-0.3, -0.25) is 9.59 Å². The van der Waals surface area contributed by atoms with Gasteiger partial charge in [0.2, 0.25) is 12.2 Å². The summed E-state index contributed by atoms with van der Waals surface area (Å²) >= 11 is 0. The number of hydrogen-bond acceptors (Lipinski definition) is 3. The topological polar surface area (TPSA) is 63.4 Å². The van der Waals surface area contributed by atoms with Gasteiger partial charge in [-0.05, 0) is 24.8 Å². The highest BCUT2D eigenvalue weighted by Gasteiger charge is 2.31. The summed E-state index contributed by atoms with van der Waals surface area (Å²) in [6.45, 7) is 0.612. The van der Waals surface area contributed by atoms with Gasteiger partial charge >= 0.3 is 0 Å². The van der Waals surface area contributed by atoms with E-state index in [4.69, 9.17) is 5.73 Å². The van der Waals surface area contributed by atoms with Crippen LogP contribution in [0.3, 0.4) is 0 Å². The maximum atomic E-state index is 12.1. The van der Waals surface area contributed by atoms with Crippen molar-refractivity contribution in [2.24, 2.45) is 5.73 Å². The highest BCUT2D eigenvalue weighted by molar-refractivity contribution is 5.85. The first-order valence-electron chi connectivity index (χ1n) is 6.20. The summed E-state index contributed by atoms with van der Waals surface area (Å²) in [4.78, 5) is 24.4. The van der Waals surface area contributed by atoms with Gasteiger partial charge in [0.15, 0.2) is 0 Å². The van der Waals surface area contributed by atoms with Crippen LogP contribution in [-0.2, 0) is 16.0 Å². The number of nitrogens with zero attached hydrogens (tertiary/aromatic N) is 1. The van der Waals surface area contributed by atoms with Crippen molar-refractivity contribution >= 4 is 12.2 Å². The zero-order valence-electron chi connectivity index (χ0n) is 10.2. The van der Waals surface area contributed by atoms with Gasteiger partial charge in [-0.2, -0.15) is 0 Å². The number of carbonyl (C=O) groups excluding carboxylic acids is 2. The van der Waals surface area contributed by atoms with Crippen LogP contribution in [-0.4, -0.2) is 35.7 Å². The van der Waals surface area contributed by atoms with E-state index in [1.165, 1.54) is 0 Å². The molecule has 2 N–H and O–H groups in total. The lowest BCUT2D eigenvalue weighted by Gasteiger charge is -2.23. The Morgan fingerprint density at radius 2 is 2.17 bits per heavy atom. The monoisotopic (exact) mass is 245 g/mol. The molecule has 4 heteroatoms. The lowest BCUT2D eigenvalue weighted by molar-refractivity contribution is -0.132. The largest absolute Gasteiger partial charge is 0.331 e. The van der Waals surface area contributed by atoms with Crippen molar-refractivity contribution in [3.05, 3.63) is 35.9 Å². The normalized spacial score (nSPS) is 20.7. The Morgan fingerprint density at radius 1 is 1.44 bits per heavy atom. The minimum absolute atomic E-state index is 0.148. The lowest BCUT2D eigenvalue weighted by atomic mass is 10.1. The van der Waals surface area contributed by atoms with Gasteiger partial charge < -0.3 is 10.6 Å². The molecule has 1 aromatic rings. The molecule has 1 radical (unpaired) electrons. The quantitative estimate of drug-likeness (QED) is 0.847. The first-order valence-corrected chi connectivity index (χ1v) is 6.20. The molecular formula is C14H17N2O2. The summed E-state index contributed by atoms with van der Waals surface area (Å²) in [7, 11) is 0. The first kappa shape index (κ1) is 12.8. The van der Waals surface area contributed by atoms with E-state index < -0.39 is 12.1 Å². The third kappa shape index (κ3) is 2.76. The maximum absolute atomic E-state index is 12.1. The summed E-state index contributed by atoms with van der Waals surface area (Å²) in [6.07, 6.45) is 3.97. The van der Waals surface area contributed by atoms with Crippen molar-refractivity contribution in [1.82, 2.24) is 4.90 Å². The van der Waals surface area contributed by atoms with Gasteiger partial charge in [-0.1, -0.05) is 30.3 Å². The van der Waals surface area contributed by atoms with Crippen LogP contribution in [0.5, 0.6) is 0 Å². The summed E-state index contributed by atoms with van der Waals surface area (Å²) < 4.78 is 0. The molecule has 1 aliphatic rings. The zero-order chi connectivity index (χ0) is 13.0. The van der Waals surface area contributed by atoms with Crippen LogP contribution in [0.15, 0.2) is 30.3 Å². The van der Waals surface area contributed by atoms with Crippen molar-refractivity contribution in [2.75, 3.05) is 6.54 Å². The molecule has 0 bridgehead atoms. The van der Waals surface area contributed by atoms with Gasteiger partial charge in [0, 0.05) is 6.54 Å². The molecule has 1 aliphatic heterocycles. The Balaban J connectivity index is 1.98. The van der Waals surface area contributed by atoms with Gasteiger partial charge in [-0.25, -0.2) is 0 Å². The second-order valence-corrected chi connectivity index (χ2v) is 4.60. The van der Waals surface area contributed by atoms with Gasteiger partial charge in [0.1, 0.15) is 0 Å². The number of hydrogen-bond donors (Lipinski definition) is 1. The molecule has 0 aromatic heterocycles. The van der Waals surface area contributed by atoms with Crippen molar-refractivity contribution in [3.63, 3.8) is 0 Å². The lowest BCUT2D eigenvalue weighted by Crippen LogP contribution is -2.47. The van der Waals surface area contributed by atoms with E-state index in [-0.39, 0.29) is 5.91 Å². The van der Waals surface area contributed by atoms with Crippen LogP contribution in [0.25, 0.3) is 0 Å². The predicted octanol–water partition coefficient (Wildman–Crippen LogP) is 0.657. The standard InChI is InChI=1S/C14H17N2O2/c15-13(9-11-5-2-1-3-6-11)14(18)16-8-4-7-12(16)10-17/h1-3,5-6,12-13H,4,7-9,15H2/t12-,13-/m0/s1. The van der Waals surface area contributed by atoms with Crippen LogP contribution >= 0.6 is 0 Å². The molecular weight excluding hydrogens is 228 g/mol. The Labute approximate surface area is 107 Å². The number of carbonyl (C=O) groups is 1. The Hall–Kier alpha value is -1.68. The van der Waals surface area contributed by atoms with E-state index in [9.17, 15) is 9.59 Å². The molecule has 2 atom stereocenters. The summed E-state index contributed by atoms with van der Waals surface area (Å²) in [6, 6.07) is 8.67. The smallest absolute Gasteiger partial charge is 0.240 e. The van der Waals surface area contributed by atoms with E-state index in [1.807, 2.05) is 36.6 Å². The van der Waals surface area contributed by atoms with E-state index >= 15 is 0 Å². The minimum Gasteiger partial charge on any atom is -0.331 e. The number of nitrogens with two attached hydrogens (primary N) is 1. The Bertz CT molecular complexity index is 419. The van der Waals surface area contributed by atoms with Gasteiger partial charge in [0.05, 0.1) is 12.1 Å². The molecule has 4 nitrogen and oxygen atoms in total. The molecule has 0 aliphatic carbocycles. The molecule has 0 spiro atoms. The van der Waals surface area contributed by atoms with Crippen LogP contribution in [0.4, 0.5) is 0 Å². The average molecular weight is 245 g/mol. The molecule has 2 rings (SSSR count). The van der Waals surface area contributed by atoms with Crippen LogP contribution in [0.1, 0.15) is 18.4 Å². The van der Waals surface area contributed by atoms with E-state index in [1.54, 1.807) is 4.90 Å². The van der Waals surface area contributed by atoms with Crippen molar-refractivity contribution in [1.29, 1.82) is 0 Å². The fraction of sp³-hybridized carbons (Fsp3) is 0.429. The Kier molecular flexibility index (Phi) is 4.10. The summed E-state index contributed by atoms with van der Waals surface area (Å²) in [5.74, 6) is -0.148. The third-order valence-electron chi connectivity index (χ3n) is 3.29. The molecule has 0 unspecified atom stereocenters. The van der Waals surface area contributed by atoms with Crippen molar-refractivity contribution in [2.45, 2.75) is 31.3 Å². The van der Waals surface area contributed by atoms with Crippen molar-refractivity contribution < 1.29 is 9.59 Å². The SMILES string of the molecule is N[C@@H](Cc1ccccc1)C(=O)N1CCC[C@H]1[C]=O. The van der Waals surface area contributed by atoms with Crippen LogP contribution < -0.4 is 5.73 Å². The van der Waals surface area contributed by atoms with E-state index in [0.717, 1.165) is 12.0 Å². The highest BCUT2D eigenvalue weighted by Crippen LogP contribution is 2.17. The van der Waals surface area contributed by atoms with Gasteiger partial charge in [-0.15, -0.1) is 0 Å². The third-order valence-corrected chi connectivity index (χ3v) is 3.29. The fourth-order valence-electron chi connectivity index (χ4n) is 2.32. The van der Waals surface area contributed by atoms with Crippen molar-refractivity contribution in [3.8, 4) is 0 Å². The predicted molar refractivity (Wildman–Crippen MR) is 68.5 cm³/mol. The molecule has 1 amide bonds. The number of rotatable bonds is 4. The molecule has 1 fully saturated rings. The maximum Gasteiger partial charge on any atom is 0.240 e. The number of likely N-dealkylation sites (tertiary alicyclic amines) is 1. The highest BCUT2D eigenvalue weighted by atomic mass is 16.2. The molecule has 1 aromatic carbocycles.